The molecule has 5 heteroatoms. The van der Waals surface area contributed by atoms with Crippen molar-refractivity contribution in [1.82, 2.24) is 5.12 Å². The minimum atomic E-state index is -0.404. The predicted molar refractivity (Wildman–Crippen MR) is 26.8 cm³/mol. The van der Waals surface area contributed by atoms with Crippen LogP contribution in [0.5, 0.6) is 0 Å². The molecule has 1 aliphatic heterocycles. The third-order valence-corrected chi connectivity index (χ3v) is 1.41. The molecule has 0 radical (unpaired) electrons. The van der Waals surface area contributed by atoms with Crippen LogP contribution in [-0.4, -0.2) is 23.0 Å². The molecule has 0 spiro atoms. The van der Waals surface area contributed by atoms with Crippen LogP contribution >= 0.6 is 11.8 Å². The van der Waals surface area contributed by atoms with Gasteiger partial charge >= 0.3 is 5.30 Å². The van der Waals surface area contributed by atoms with E-state index < -0.39 is 5.30 Å². The molecule has 1 fully saturated rings. The van der Waals surface area contributed by atoms with Crippen LogP contribution < -0.4 is 0 Å². The van der Waals surface area contributed by atoms with Gasteiger partial charge in [0.1, 0.15) is 0 Å². The van der Waals surface area contributed by atoms with Crippen LogP contribution in [0.25, 0.3) is 0 Å². The van der Waals surface area contributed by atoms with E-state index in [4.69, 9.17) is 0 Å². The van der Waals surface area contributed by atoms with Crippen molar-refractivity contribution in [2.24, 2.45) is 0 Å². The zero-order valence-corrected chi connectivity index (χ0v) is 4.78. The van der Waals surface area contributed by atoms with Gasteiger partial charge in [0.15, 0.2) is 6.73 Å². The molecule has 1 aliphatic rings. The maximum atomic E-state index is 11.9. The van der Waals surface area contributed by atoms with E-state index in [-0.39, 0.29) is 12.6 Å². The number of cyclic esters (lactones) is 1. The third-order valence-electron chi connectivity index (χ3n) is 0.645. The first-order chi connectivity index (χ1) is 3.79. The van der Waals surface area contributed by atoms with Crippen molar-refractivity contribution in [3.05, 3.63) is 0 Å². The summed E-state index contributed by atoms with van der Waals surface area (Å²) in [7, 11) is 0. The highest BCUT2D eigenvalue weighted by molar-refractivity contribution is 8.13. The van der Waals surface area contributed by atoms with Crippen molar-refractivity contribution in [2.45, 2.75) is 0 Å². The Balaban J connectivity index is 2.29. The van der Waals surface area contributed by atoms with E-state index in [1.54, 1.807) is 0 Å². The van der Waals surface area contributed by atoms with Crippen LogP contribution in [-0.2, 0) is 4.74 Å². The summed E-state index contributed by atoms with van der Waals surface area (Å²) in [6.45, 7) is -0.230. The summed E-state index contributed by atoms with van der Waals surface area (Å²) in [5, 5.41) is 0.0189. The average Bonchev–Trinajstić information content (AvgIpc) is 1.77. The molecule has 0 amide bonds. The Hall–Kier alpha value is -0.290. The number of thioether (sulfide) groups is 1. The fourth-order valence-electron chi connectivity index (χ4n) is 0.324. The molecule has 0 N–H and O–H groups in total. The average molecular weight is 137 g/mol. The van der Waals surface area contributed by atoms with Crippen molar-refractivity contribution < 1.29 is 14.0 Å². The molecular weight excluding hydrogens is 133 g/mol. The van der Waals surface area contributed by atoms with Crippen LogP contribution in [0.15, 0.2) is 0 Å². The van der Waals surface area contributed by atoms with E-state index in [9.17, 15) is 9.28 Å². The minimum absolute atomic E-state index is 0.0822. The maximum Gasteiger partial charge on any atom is 0.370 e. The molecule has 1 heterocycles. The summed E-state index contributed by atoms with van der Waals surface area (Å²) >= 11 is 0.816. The predicted octanol–water partition coefficient (Wildman–Crippen LogP) is 0.971. The van der Waals surface area contributed by atoms with Crippen molar-refractivity contribution >= 4 is 17.1 Å². The Morgan fingerprint density at radius 2 is 2.62 bits per heavy atom. The fraction of sp³-hybridized carbons (Fsp3) is 0.667. The Morgan fingerprint density at radius 3 is 3.00 bits per heavy atom. The summed E-state index contributed by atoms with van der Waals surface area (Å²) in [5.41, 5.74) is 0. The second-order valence-electron chi connectivity index (χ2n) is 1.26. The van der Waals surface area contributed by atoms with Crippen LogP contribution in [0.4, 0.5) is 9.28 Å². The van der Waals surface area contributed by atoms with Crippen molar-refractivity contribution in [3.8, 4) is 0 Å². The Bertz CT molecular complexity index is 99.5. The van der Waals surface area contributed by atoms with Gasteiger partial charge in [-0.15, -0.1) is 4.48 Å². The van der Waals surface area contributed by atoms with Gasteiger partial charge in [0.2, 0.25) is 0 Å². The van der Waals surface area contributed by atoms with Crippen molar-refractivity contribution in [2.75, 3.05) is 12.6 Å². The zero-order valence-electron chi connectivity index (χ0n) is 3.96. The van der Waals surface area contributed by atoms with Gasteiger partial charge in [-0.3, -0.25) is 0 Å². The van der Waals surface area contributed by atoms with E-state index in [1.807, 2.05) is 0 Å². The maximum absolute atomic E-state index is 11.9. The van der Waals surface area contributed by atoms with Crippen LogP contribution in [0.1, 0.15) is 0 Å². The zero-order chi connectivity index (χ0) is 5.98. The van der Waals surface area contributed by atoms with Gasteiger partial charge in [-0.2, -0.15) is 0 Å². The topological polar surface area (TPSA) is 29.5 Å². The first-order valence-electron chi connectivity index (χ1n) is 1.99. The molecule has 46 valence electrons. The van der Waals surface area contributed by atoms with Crippen LogP contribution in [0.3, 0.4) is 0 Å². The Labute approximate surface area is 49.7 Å². The number of hydrogen-bond donors (Lipinski definition) is 0. The first kappa shape index (κ1) is 5.84. The number of hydrogen-bond acceptors (Lipinski definition) is 4. The van der Waals surface area contributed by atoms with Crippen LogP contribution in [0.2, 0.25) is 0 Å². The highest BCUT2D eigenvalue weighted by Crippen LogP contribution is 2.13. The third kappa shape index (κ3) is 1.34. The highest BCUT2D eigenvalue weighted by atomic mass is 32.2. The smallest absolute Gasteiger partial charge is 0.370 e. The molecule has 8 heavy (non-hydrogen) atoms. The number of rotatable bonds is 0. The lowest BCUT2D eigenvalue weighted by atomic mass is 11.1. The lowest BCUT2D eigenvalue weighted by Crippen LogP contribution is -2.24. The molecule has 0 aromatic carbocycles. The second kappa shape index (κ2) is 2.32. The number of carbonyl (C=O) groups excluding carboxylic acids is 1. The van der Waals surface area contributed by atoms with E-state index >= 15 is 0 Å². The van der Waals surface area contributed by atoms with Crippen molar-refractivity contribution in [1.29, 1.82) is 0 Å². The molecule has 0 bridgehead atoms. The molecule has 0 atom stereocenters. The van der Waals surface area contributed by atoms with Gasteiger partial charge < -0.3 is 4.74 Å². The summed E-state index contributed by atoms with van der Waals surface area (Å²) in [4.78, 5) is 10.2. The van der Waals surface area contributed by atoms with E-state index in [0.717, 1.165) is 11.8 Å². The fourth-order valence-corrected chi connectivity index (χ4v) is 0.780. The quantitative estimate of drug-likeness (QED) is 0.367. The van der Waals surface area contributed by atoms with E-state index in [2.05, 4.69) is 4.74 Å². The molecule has 0 saturated carbocycles. The molecule has 1 rings (SSSR count). The number of ether oxygens (including phenoxy) is 1. The molecule has 0 aromatic rings. The minimum Gasteiger partial charge on any atom is -0.439 e. The standard InChI is InChI=1S/C3H4FNO2S/c4-5-1-7-3(6)8-2-5/h1-2H2. The van der Waals surface area contributed by atoms with Gasteiger partial charge in [-0.05, 0) is 11.8 Å². The molecule has 1 saturated heterocycles. The summed E-state index contributed by atoms with van der Waals surface area (Å²) in [6, 6.07) is 0. The van der Waals surface area contributed by atoms with E-state index in [0.29, 0.717) is 5.12 Å². The summed E-state index contributed by atoms with van der Waals surface area (Å²) in [5.74, 6) is 0.0822. The molecule has 0 aliphatic carbocycles. The van der Waals surface area contributed by atoms with Gasteiger partial charge in [0.25, 0.3) is 0 Å². The Morgan fingerprint density at radius 1 is 1.88 bits per heavy atom. The lowest BCUT2D eigenvalue weighted by Gasteiger charge is -2.15. The largest absolute Gasteiger partial charge is 0.439 e. The lowest BCUT2D eigenvalue weighted by molar-refractivity contribution is -0.0399. The summed E-state index contributed by atoms with van der Waals surface area (Å²) < 4.78 is 16.2. The summed E-state index contributed by atoms with van der Waals surface area (Å²) in [6.07, 6.45) is 0. The Kier molecular flexibility index (Phi) is 1.69. The number of carbonyl (C=O) groups is 1. The van der Waals surface area contributed by atoms with Gasteiger partial charge in [0.05, 0.1) is 5.88 Å². The first-order valence-corrected chi connectivity index (χ1v) is 2.98. The number of nitrogens with zero attached hydrogens (tertiary/aromatic N) is 1. The van der Waals surface area contributed by atoms with Gasteiger partial charge in [-0.25, -0.2) is 4.79 Å². The number of halogens is 1. The SMILES string of the molecule is O=C1OCN(F)CS1. The van der Waals surface area contributed by atoms with Gasteiger partial charge in [-0.1, -0.05) is 5.12 Å². The van der Waals surface area contributed by atoms with Gasteiger partial charge in [0, 0.05) is 0 Å². The molecule has 0 aromatic heterocycles. The molecule has 0 unspecified atom stereocenters. The second-order valence-corrected chi connectivity index (χ2v) is 2.14. The monoisotopic (exact) mass is 137 g/mol. The molecular formula is C3H4FNO2S. The van der Waals surface area contributed by atoms with E-state index in [1.165, 1.54) is 0 Å². The normalized spacial score (nSPS) is 22.9. The highest BCUT2D eigenvalue weighted by Gasteiger charge is 2.16. The van der Waals surface area contributed by atoms with Crippen LogP contribution in [0, 0.1) is 0 Å². The van der Waals surface area contributed by atoms with Crippen molar-refractivity contribution in [3.63, 3.8) is 0 Å². The molecule has 3 nitrogen and oxygen atoms in total.